The third-order valence-electron chi connectivity index (χ3n) is 3.46. The van der Waals surface area contributed by atoms with Crippen LogP contribution in [0.25, 0.3) is 0 Å². The molecule has 0 aliphatic heterocycles. The first-order valence-corrected chi connectivity index (χ1v) is 8.51. The second kappa shape index (κ2) is 4.80. The summed E-state index contributed by atoms with van der Waals surface area (Å²) in [6.45, 7) is 14.4. The molecule has 0 nitrogen and oxygen atoms in total. The van der Waals surface area contributed by atoms with Crippen molar-refractivity contribution in [2.45, 2.75) is 58.2 Å². The van der Waals surface area contributed by atoms with Gasteiger partial charge in [-0.1, -0.05) is 57.5 Å². The van der Waals surface area contributed by atoms with Crippen LogP contribution in [0.3, 0.4) is 0 Å². The lowest BCUT2D eigenvalue weighted by molar-refractivity contribution is 0.821. The summed E-state index contributed by atoms with van der Waals surface area (Å²) in [6.07, 6.45) is 0. The zero-order chi connectivity index (χ0) is 9.94. The normalized spacial score (nSPS) is 13.5. The Morgan fingerprint density at radius 1 is 0.833 bits per heavy atom. The molecule has 0 saturated carbocycles. The van der Waals surface area contributed by atoms with Crippen LogP contribution in [-0.4, -0.2) is 13.0 Å². The summed E-state index contributed by atoms with van der Waals surface area (Å²) in [5.74, 6) is 0. The van der Waals surface area contributed by atoms with Gasteiger partial charge in [-0.05, 0) is 21.6 Å². The SMILES string of the molecule is CC(C)[Si](CBr)(C(C)C)C(C)C. The Morgan fingerprint density at radius 2 is 1.08 bits per heavy atom. The van der Waals surface area contributed by atoms with E-state index in [9.17, 15) is 0 Å². The van der Waals surface area contributed by atoms with Gasteiger partial charge in [0.1, 0.15) is 0 Å². The van der Waals surface area contributed by atoms with Crippen molar-refractivity contribution in [3.05, 3.63) is 0 Å². The molecule has 12 heavy (non-hydrogen) atoms. The highest BCUT2D eigenvalue weighted by molar-refractivity contribution is 9.09. The minimum Gasteiger partial charge on any atom is -0.0961 e. The van der Waals surface area contributed by atoms with E-state index in [4.69, 9.17) is 0 Å². The van der Waals surface area contributed by atoms with Gasteiger partial charge in [0.05, 0.1) is 8.07 Å². The molecule has 0 fully saturated rings. The van der Waals surface area contributed by atoms with E-state index in [1.165, 1.54) is 4.95 Å². The Kier molecular flexibility index (Phi) is 5.08. The number of hydrogen-bond donors (Lipinski definition) is 0. The molecule has 0 heterocycles. The van der Waals surface area contributed by atoms with E-state index in [2.05, 4.69) is 57.5 Å². The van der Waals surface area contributed by atoms with Crippen LogP contribution in [0, 0.1) is 0 Å². The summed E-state index contributed by atoms with van der Waals surface area (Å²) in [5.41, 5.74) is 2.66. The fraction of sp³-hybridized carbons (Fsp3) is 1.00. The van der Waals surface area contributed by atoms with Gasteiger partial charge in [0.15, 0.2) is 0 Å². The average Bonchev–Trinajstić information content (AvgIpc) is 1.86. The molecule has 0 radical (unpaired) electrons. The summed E-state index contributed by atoms with van der Waals surface area (Å²) in [7, 11) is -1.08. The summed E-state index contributed by atoms with van der Waals surface area (Å²) in [5, 5.41) is 0. The molecular formula is C10H23BrSi. The summed E-state index contributed by atoms with van der Waals surface area (Å²) in [4.78, 5) is 1.26. The minimum absolute atomic E-state index is 0.886. The molecule has 0 aliphatic rings. The van der Waals surface area contributed by atoms with Crippen LogP contribution in [0.1, 0.15) is 41.5 Å². The largest absolute Gasteiger partial charge is 0.0961 e. The molecule has 74 valence electrons. The molecule has 2 heteroatoms. The Balaban J connectivity index is 4.77. The van der Waals surface area contributed by atoms with Crippen molar-refractivity contribution in [2.75, 3.05) is 4.95 Å². The Bertz CT molecular complexity index is 108. The highest BCUT2D eigenvalue weighted by atomic mass is 79.9. The van der Waals surface area contributed by atoms with E-state index in [1.807, 2.05) is 0 Å². The number of rotatable bonds is 4. The van der Waals surface area contributed by atoms with E-state index < -0.39 is 8.07 Å². The van der Waals surface area contributed by atoms with Crippen LogP contribution >= 0.6 is 15.9 Å². The fourth-order valence-electron chi connectivity index (χ4n) is 2.46. The third-order valence-corrected chi connectivity index (χ3v) is 13.3. The molecule has 0 spiro atoms. The van der Waals surface area contributed by atoms with Crippen molar-refractivity contribution in [3.8, 4) is 0 Å². The molecular weight excluding hydrogens is 228 g/mol. The van der Waals surface area contributed by atoms with Crippen LogP contribution in [0.4, 0.5) is 0 Å². The predicted octanol–water partition coefficient (Wildman–Crippen LogP) is 4.60. The van der Waals surface area contributed by atoms with E-state index in [0.29, 0.717) is 0 Å². The number of alkyl halides is 1. The lowest BCUT2D eigenvalue weighted by atomic mass is 10.5. The zero-order valence-corrected chi connectivity index (χ0v) is 11.9. The van der Waals surface area contributed by atoms with Crippen molar-refractivity contribution in [3.63, 3.8) is 0 Å². The Hall–Kier alpha value is 0.697. The molecule has 0 rings (SSSR count). The molecule has 0 N–H and O–H groups in total. The number of halogens is 1. The van der Waals surface area contributed by atoms with Gasteiger partial charge in [-0.2, -0.15) is 0 Å². The van der Waals surface area contributed by atoms with Crippen molar-refractivity contribution in [1.29, 1.82) is 0 Å². The molecule has 0 aromatic rings. The van der Waals surface area contributed by atoms with Crippen molar-refractivity contribution in [2.24, 2.45) is 0 Å². The topological polar surface area (TPSA) is 0 Å². The zero-order valence-electron chi connectivity index (χ0n) is 9.32. The summed E-state index contributed by atoms with van der Waals surface area (Å²) < 4.78 is 0. The van der Waals surface area contributed by atoms with E-state index in [0.717, 1.165) is 16.6 Å². The quantitative estimate of drug-likeness (QED) is 0.506. The average molecular weight is 251 g/mol. The standard InChI is InChI=1S/C10H23BrSi/c1-8(2)12(7-11,9(3)4)10(5)6/h8-10H,7H2,1-6H3. The lowest BCUT2D eigenvalue weighted by Gasteiger charge is -2.41. The summed E-state index contributed by atoms with van der Waals surface area (Å²) in [6, 6.07) is 0. The van der Waals surface area contributed by atoms with Gasteiger partial charge in [0, 0.05) is 0 Å². The van der Waals surface area contributed by atoms with Gasteiger partial charge in [0.2, 0.25) is 0 Å². The maximum absolute atomic E-state index is 3.74. The van der Waals surface area contributed by atoms with Crippen LogP contribution in [-0.2, 0) is 0 Å². The highest BCUT2D eigenvalue weighted by Crippen LogP contribution is 2.42. The van der Waals surface area contributed by atoms with Crippen LogP contribution < -0.4 is 0 Å². The van der Waals surface area contributed by atoms with Crippen LogP contribution in [0.5, 0.6) is 0 Å². The molecule has 0 aromatic carbocycles. The predicted molar refractivity (Wildman–Crippen MR) is 64.8 cm³/mol. The van der Waals surface area contributed by atoms with Gasteiger partial charge in [-0.25, -0.2) is 0 Å². The van der Waals surface area contributed by atoms with Gasteiger partial charge in [-0.15, -0.1) is 0 Å². The monoisotopic (exact) mass is 250 g/mol. The third kappa shape index (κ3) is 2.14. The fourth-order valence-corrected chi connectivity index (χ4v) is 13.2. The highest BCUT2D eigenvalue weighted by Gasteiger charge is 2.41. The Labute approximate surface area is 87.3 Å². The van der Waals surface area contributed by atoms with E-state index in [-0.39, 0.29) is 0 Å². The maximum Gasteiger partial charge on any atom is 0.0723 e. The Morgan fingerprint density at radius 3 is 1.08 bits per heavy atom. The molecule has 0 aliphatic carbocycles. The minimum atomic E-state index is -1.08. The molecule has 0 amide bonds. The molecule has 0 aromatic heterocycles. The number of hydrogen-bond acceptors (Lipinski definition) is 0. The lowest BCUT2D eigenvalue weighted by Crippen LogP contribution is -2.46. The molecule has 0 unspecified atom stereocenters. The van der Waals surface area contributed by atoms with Crippen molar-refractivity contribution in [1.82, 2.24) is 0 Å². The van der Waals surface area contributed by atoms with Gasteiger partial charge in [0.25, 0.3) is 0 Å². The van der Waals surface area contributed by atoms with Crippen molar-refractivity contribution >= 4 is 24.0 Å². The van der Waals surface area contributed by atoms with E-state index in [1.54, 1.807) is 0 Å². The van der Waals surface area contributed by atoms with Gasteiger partial charge >= 0.3 is 0 Å². The van der Waals surface area contributed by atoms with E-state index >= 15 is 0 Å². The first-order chi connectivity index (χ1) is 5.39. The smallest absolute Gasteiger partial charge is 0.0723 e. The molecule has 0 bridgehead atoms. The van der Waals surface area contributed by atoms with Crippen LogP contribution in [0.15, 0.2) is 0 Å². The van der Waals surface area contributed by atoms with Crippen molar-refractivity contribution < 1.29 is 0 Å². The summed E-state index contributed by atoms with van der Waals surface area (Å²) >= 11 is 3.74. The van der Waals surface area contributed by atoms with Gasteiger partial charge in [-0.3, -0.25) is 0 Å². The second-order valence-electron chi connectivity index (χ2n) is 4.71. The first-order valence-electron chi connectivity index (χ1n) is 4.95. The van der Waals surface area contributed by atoms with Crippen LogP contribution in [0.2, 0.25) is 16.6 Å². The first kappa shape index (κ1) is 12.7. The van der Waals surface area contributed by atoms with Gasteiger partial charge < -0.3 is 0 Å². The molecule has 0 saturated heterocycles. The second-order valence-corrected chi connectivity index (χ2v) is 12.3. The maximum atomic E-state index is 3.74. The molecule has 0 atom stereocenters.